The van der Waals surface area contributed by atoms with E-state index in [1.54, 1.807) is 0 Å². The SMILES string of the molecule is Cc1ccc(Cl)cc1C(N)c1ccc(CC(C)C)cc1. The first kappa shape index (κ1) is 15.1. The summed E-state index contributed by atoms with van der Waals surface area (Å²) in [6.45, 7) is 6.53. The second kappa shape index (κ2) is 6.43. The standard InChI is InChI=1S/C18H22ClN/c1-12(2)10-14-5-7-15(8-6-14)18(20)17-11-16(19)9-4-13(17)3/h4-9,11-12,18H,10,20H2,1-3H3. The highest BCUT2D eigenvalue weighted by atomic mass is 35.5. The van der Waals surface area contributed by atoms with Gasteiger partial charge in [0, 0.05) is 5.02 Å². The predicted molar refractivity (Wildman–Crippen MR) is 87.2 cm³/mol. The summed E-state index contributed by atoms with van der Waals surface area (Å²) in [5.74, 6) is 0.671. The highest BCUT2D eigenvalue weighted by Gasteiger charge is 2.12. The van der Waals surface area contributed by atoms with Crippen molar-refractivity contribution in [2.75, 3.05) is 0 Å². The fraction of sp³-hybridized carbons (Fsp3) is 0.333. The number of halogens is 1. The molecule has 0 saturated heterocycles. The van der Waals surface area contributed by atoms with Crippen molar-refractivity contribution < 1.29 is 0 Å². The summed E-state index contributed by atoms with van der Waals surface area (Å²) >= 11 is 6.08. The van der Waals surface area contributed by atoms with Gasteiger partial charge in [0.15, 0.2) is 0 Å². The van der Waals surface area contributed by atoms with Crippen molar-refractivity contribution in [1.82, 2.24) is 0 Å². The van der Waals surface area contributed by atoms with Gasteiger partial charge in [0.25, 0.3) is 0 Å². The Balaban J connectivity index is 2.24. The minimum absolute atomic E-state index is 0.123. The van der Waals surface area contributed by atoms with Crippen LogP contribution in [0.25, 0.3) is 0 Å². The smallest absolute Gasteiger partial charge is 0.0554 e. The molecule has 106 valence electrons. The monoisotopic (exact) mass is 287 g/mol. The van der Waals surface area contributed by atoms with Gasteiger partial charge >= 0.3 is 0 Å². The Morgan fingerprint density at radius 3 is 2.30 bits per heavy atom. The quantitative estimate of drug-likeness (QED) is 0.851. The van der Waals surface area contributed by atoms with Crippen molar-refractivity contribution in [2.24, 2.45) is 11.7 Å². The van der Waals surface area contributed by atoms with E-state index in [2.05, 4.69) is 45.0 Å². The van der Waals surface area contributed by atoms with E-state index >= 15 is 0 Å². The molecule has 0 saturated carbocycles. The molecule has 0 aliphatic heterocycles. The van der Waals surface area contributed by atoms with Crippen LogP contribution in [0.3, 0.4) is 0 Å². The van der Waals surface area contributed by atoms with Gasteiger partial charge in [-0.05, 0) is 53.6 Å². The van der Waals surface area contributed by atoms with Crippen molar-refractivity contribution in [3.8, 4) is 0 Å². The van der Waals surface area contributed by atoms with Crippen LogP contribution >= 0.6 is 11.6 Å². The third-order valence-corrected chi connectivity index (χ3v) is 3.79. The Hall–Kier alpha value is -1.31. The summed E-state index contributed by atoms with van der Waals surface area (Å²) in [6, 6.07) is 14.4. The summed E-state index contributed by atoms with van der Waals surface area (Å²) in [5.41, 5.74) is 11.1. The van der Waals surface area contributed by atoms with Gasteiger partial charge in [-0.15, -0.1) is 0 Å². The summed E-state index contributed by atoms with van der Waals surface area (Å²) in [7, 11) is 0. The first-order valence-electron chi connectivity index (χ1n) is 7.08. The molecular formula is C18H22ClN. The van der Waals surface area contributed by atoms with Crippen molar-refractivity contribution in [2.45, 2.75) is 33.2 Å². The predicted octanol–water partition coefficient (Wildman–Crippen LogP) is 4.90. The lowest BCUT2D eigenvalue weighted by Crippen LogP contribution is -2.13. The molecule has 2 N–H and O–H groups in total. The molecule has 0 bridgehead atoms. The number of hydrogen-bond acceptors (Lipinski definition) is 1. The second-order valence-electron chi connectivity index (χ2n) is 5.82. The van der Waals surface area contributed by atoms with E-state index in [1.165, 1.54) is 11.1 Å². The van der Waals surface area contributed by atoms with Crippen LogP contribution in [0.4, 0.5) is 0 Å². The number of hydrogen-bond donors (Lipinski definition) is 1. The van der Waals surface area contributed by atoms with Crippen LogP contribution in [0.2, 0.25) is 5.02 Å². The van der Waals surface area contributed by atoms with Crippen molar-refractivity contribution in [3.05, 3.63) is 69.7 Å². The minimum Gasteiger partial charge on any atom is -0.320 e. The van der Waals surface area contributed by atoms with Crippen LogP contribution in [0.15, 0.2) is 42.5 Å². The largest absolute Gasteiger partial charge is 0.320 e. The van der Waals surface area contributed by atoms with Gasteiger partial charge in [-0.2, -0.15) is 0 Å². The van der Waals surface area contributed by atoms with E-state index in [-0.39, 0.29) is 6.04 Å². The van der Waals surface area contributed by atoms with Crippen molar-refractivity contribution in [1.29, 1.82) is 0 Å². The number of benzene rings is 2. The third-order valence-electron chi connectivity index (χ3n) is 3.56. The van der Waals surface area contributed by atoms with Gasteiger partial charge < -0.3 is 5.73 Å². The normalized spacial score (nSPS) is 12.7. The Labute approximate surface area is 126 Å². The molecule has 0 amide bonds. The van der Waals surface area contributed by atoms with E-state index in [0.29, 0.717) is 5.92 Å². The topological polar surface area (TPSA) is 26.0 Å². The summed E-state index contributed by atoms with van der Waals surface area (Å²) < 4.78 is 0. The van der Waals surface area contributed by atoms with E-state index in [9.17, 15) is 0 Å². The lowest BCUT2D eigenvalue weighted by atomic mass is 9.94. The molecule has 2 aromatic carbocycles. The molecule has 0 fully saturated rings. The molecule has 0 aliphatic rings. The summed E-state index contributed by atoms with van der Waals surface area (Å²) in [6.07, 6.45) is 1.10. The average Bonchev–Trinajstić information content (AvgIpc) is 2.41. The van der Waals surface area contributed by atoms with Crippen LogP contribution < -0.4 is 5.73 Å². The Morgan fingerprint density at radius 1 is 1.05 bits per heavy atom. The maximum Gasteiger partial charge on any atom is 0.0554 e. The van der Waals surface area contributed by atoms with E-state index < -0.39 is 0 Å². The lowest BCUT2D eigenvalue weighted by Gasteiger charge is -2.16. The summed E-state index contributed by atoms with van der Waals surface area (Å²) in [4.78, 5) is 0. The van der Waals surface area contributed by atoms with Crippen LogP contribution in [-0.4, -0.2) is 0 Å². The Morgan fingerprint density at radius 2 is 1.70 bits per heavy atom. The molecule has 0 aromatic heterocycles. The van der Waals surface area contributed by atoms with E-state index in [0.717, 1.165) is 22.6 Å². The average molecular weight is 288 g/mol. The van der Waals surface area contributed by atoms with Crippen molar-refractivity contribution >= 4 is 11.6 Å². The fourth-order valence-electron chi connectivity index (χ4n) is 2.46. The molecule has 2 rings (SSSR count). The highest BCUT2D eigenvalue weighted by Crippen LogP contribution is 2.26. The van der Waals surface area contributed by atoms with E-state index in [4.69, 9.17) is 17.3 Å². The third kappa shape index (κ3) is 3.62. The first-order valence-corrected chi connectivity index (χ1v) is 7.45. The minimum atomic E-state index is -0.123. The first-order chi connectivity index (χ1) is 9.47. The van der Waals surface area contributed by atoms with E-state index in [1.807, 2.05) is 18.2 Å². The molecule has 20 heavy (non-hydrogen) atoms. The zero-order valence-electron chi connectivity index (χ0n) is 12.4. The molecule has 0 heterocycles. The number of aryl methyl sites for hydroxylation is 1. The van der Waals surface area contributed by atoms with Crippen LogP contribution in [-0.2, 0) is 6.42 Å². The highest BCUT2D eigenvalue weighted by molar-refractivity contribution is 6.30. The Kier molecular flexibility index (Phi) is 4.85. The summed E-state index contributed by atoms with van der Waals surface area (Å²) in [5, 5.41) is 0.734. The zero-order valence-corrected chi connectivity index (χ0v) is 13.1. The number of rotatable bonds is 4. The molecule has 0 radical (unpaired) electrons. The van der Waals surface area contributed by atoms with Gasteiger partial charge in [0.05, 0.1) is 6.04 Å². The zero-order chi connectivity index (χ0) is 14.7. The fourth-order valence-corrected chi connectivity index (χ4v) is 2.64. The molecule has 0 aliphatic carbocycles. The molecule has 2 aromatic rings. The lowest BCUT2D eigenvalue weighted by molar-refractivity contribution is 0.647. The number of nitrogens with two attached hydrogens (primary N) is 1. The van der Waals surface area contributed by atoms with Crippen LogP contribution in [0.1, 0.15) is 42.1 Å². The molecule has 0 spiro atoms. The van der Waals surface area contributed by atoms with Crippen LogP contribution in [0, 0.1) is 12.8 Å². The van der Waals surface area contributed by atoms with Gasteiger partial charge in [-0.25, -0.2) is 0 Å². The molecule has 1 atom stereocenters. The van der Waals surface area contributed by atoms with Gasteiger partial charge in [0.1, 0.15) is 0 Å². The molecular weight excluding hydrogens is 266 g/mol. The maximum atomic E-state index is 6.38. The molecule has 1 nitrogen and oxygen atoms in total. The van der Waals surface area contributed by atoms with Gasteiger partial charge in [-0.3, -0.25) is 0 Å². The second-order valence-corrected chi connectivity index (χ2v) is 6.25. The van der Waals surface area contributed by atoms with Gasteiger partial charge in [-0.1, -0.05) is 55.8 Å². The molecule has 1 unspecified atom stereocenters. The van der Waals surface area contributed by atoms with Crippen LogP contribution in [0.5, 0.6) is 0 Å². The molecule has 2 heteroatoms. The van der Waals surface area contributed by atoms with Gasteiger partial charge in [0.2, 0.25) is 0 Å². The maximum absolute atomic E-state index is 6.38. The van der Waals surface area contributed by atoms with Crippen molar-refractivity contribution in [3.63, 3.8) is 0 Å². The Bertz CT molecular complexity index is 572.